The van der Waals surface area contributed by atoms with Crippen LogP contribution >= 0.6 is 0 Å². The number of sulfonamides is 1. The third kappa shape index (κ3) is 3.53. The number of anilines is 2. The van der Waals surface area contributed by atoms with Crippen molar-refractivity contribution < 1.29 is 13.3 Å². The smallest absolute Gasteiger partial charge is 0.270 e. The van der Waals surface area contributed by atoms with E-state index >= 15 is 0 Å². The molecule has 2 rings (SSSR count). The van der Waals surface area contributed by atoms with Gasteiger partial charge in [0.2, 0.25) is 0 Å². The van der Waals surface area contributed by atoms with Crippen molar-refractivity contribution in [2.45, 2.75) is 4.90 Å². The van der Waals surface area contributed by atoms with Crippen LogP contribution in [0.25, 0.3) is 0 Å². The minimum absolute atomic E-state index is 0.154. The summed E-state index contributed by atoms with van der Waals surface area (Å²) in [6.07, 6.45) is 0. The van der Waals surface area contributed by atoms with E-state index in [4.69, 9.17) is 0 Å². The Morgan fingerprint density at radius 3 is 2.27 bits per heavy atom. The lowest BCUT2D eigenvalue weighted by Crippen LogP contribution is -2.13. The molecule has 22 heavy (non-hydrogen) atoms. The van der Waals surface area contributed by atoms with Gasteiger partial charge in [-0.15, -0.1) is 0 Å². The Morgan fingerprint density at radius 1 is 1.09 bits per heavy atom. The molecule has 2 aromatic rings. The van der Waals surface area contributed by atoms with Crippen LogP contribution in [0.5, 0.6) is 0 Å². The molecule has 0 saturated heterocycles. The highest BCUT2D eigenvalue weighted by molar-refractivity contribution is 7.92. The van der Waals surface area contributed by atoms with Gasteiger partial charge >= 0.3 is 0 Å². The van der Waals surface area contributed by atoms with E-state index in [1.165, 1.54) is 18.2 Å². The fourth-order valence-corrected chi connectivity index (χ4v) is 2.90. The predicted octanol–water partition coefficient (Wildman–Crippen LogP) is 2.46. The van der Waals surface area contributed by atoms with Crippen molar-refractivity contribution in [3.8, 4) is 0 Å². The lowest BCUT2D eigenvalue weighted by molar-refractivity contribution is -0.385. The molecule has 0 bridgehead atoms. The second-order valence-electron chi connectivity index (χ2n) is 4.80. The van der Waals surface area contributed by atoms with Crippen molar-refractivity contribution in [2.24, 2.45) is 0 Å². The van der Waals surface area contributed by atoms with Gasteiger partial charge in [0.1, 0.15) is 0 Å². The van der Waals surface area contributed by atoms with Crippen molar-refractivity contribution in [3.63, 3.8) is 0 Å². The lowest BCUT2D eigenvalue weighted by Gasteiger charge is -2.13. The second-order valence-corrected chi connectivity index (χ2v) is 6.48. The summed E-state index contributed by atoms with van der Waals surface area (Å²) in [5.74, 6) is 0. The summed E-state index contributed by atoms with van der Waals surface area (Å²) in [7, 11) is -0.116. The normalized spacial score (nSPS) is 11.0. The van der Waals surface area contributed by atoms with E-state index in [9.17, 15) is 18.5 Å². The fourth-order valence-electron chi connectivity index (χ4n) is 1.81. The van der Waals surface area contributed by atoms with Crippen LogP contribution in [-0.2, 0) is 10.0 Å². The molecule has 1 N–H and O–H groups in total. The number of benzene rings is 2. The minimum atomic E-state index is -3.87. The SMILES string of the molecule is CN(C)c1ccc(NS(=O)(=O)c2cccc([N+](=O)[O-])c2)cc1. The lowest BCUT2D eigenvalue weighted by atomic mass is 10.3. The summed E-state index contributed by atoms with van der Waals surface area (Å²) in [4.78, 5) is 11.8. The highest BCUT2D eigenvalue weighted by atomic mass is 32.2. The van der Waals surface area contributed by atoms with E-state index in [1.54, 1.807) is 24.3 Å². The van der Waals surface area contributed by atoms with Crippen molar-refractivity contribution in [1.82, 2.24) is 0 Å². The van der Waals surface area contributed by atoms with Crippen LogP contribution in [-0.4, -0.2) is 27.4 Å². The number of rotatable bonds is 5. The first-order valence-corrected chi connectivity index (χ1v) is 7.82. The molecular formula is C14H15N3O4S. The van der Waals surface area contributed by atoms with Crippen LogP contribution in [0.1, 0.15) is 0 Å². The van der Waals surface area contributed by atoms with Gasteiger partial charge in [-0.3, -0.25) is 14.8 Å². The van der Waals surface area contributed by atoms with Crippen molar-refractivity contribution in [1.29, 1.82) is 0 Å². The zero-order chi connectivity index (χ0) is 16.3. The average molecular weight is 321 g/mol. The van der Waals surface area contributed by atoms with E-state index < -0.39 is 14.9 Å². The molecule has 0 aliphatic carbocycles. The highest BCUT2D eigenvalue weighted by Gasteiger charge is 2.17. The van der Waals surface area contributed by atoms with E-state index in [1.807, 2.05) is 19.0 Å². The fraction of sp³-hybridized carbons (Fsp3) is 0.143. The van der Waals surface area contributed by atoms with Crippen molar-refractivity contribution >= 4 is 27.1 Å². The summed E-state index contributed by atoms with van der Waals surface area (Å²) < 4.78 is 26.9. The molecule has 0 saturated carbocycles. The topological polar surface area (TPSA) is 92.6 Å². The van der Waals surface area contributed by atoms with Crippen LogP contribution in [0.2, 0.25) is 0 Å². The molecule has 0 heterocycles. The van der Waals surface area contributed by atoms with E-state index in [2.05, 4.69) is 4.72 Å². The summed E-state index contributed by atoms with van der Waals surface area (Å²) in [5, 5.41) is 10.7. The second kappa shape index (κ2) is 6.02. The number of hydrogen-bond donors (Lipinski definition) is 1. The Hall–Kier alpha value is -2.61. The molecule has 7 nitrogen and oxygen atoms in total. The van der Waals surface area contributed by atoms with Crippen LogP contribution in [0.3, 0.4) is 0 Å². The van der Waals surface area contributed by atoms with Crippen LogP contribution in [0.15, 0.2) is 53.4 Å². The van der Waals surface area contributed by atoms with Gasteiger partial charge in [0.05, 0.1) is 9.82 Å². The van der Waals surface area contributed by atoms with Crippen LogP contribution < -0.4 is 9.62 Å². The number of nitro groups is 1. The largest absolute Gasteiger partial charge is 0.378 e. The summed E-state index contributed by atoms with van der Waals surface area (Å²) in [6, 6.07) is 11.7. The number of nitrogens with zero attached hydrogens (tertiary/aromatic N) is 2. The molecule has 0 aromatic heterocycles. The Morgan fingerprint density at radius 2 is 1.73 bits per heavy atom. The zero-order valence-electron chi connectivity index (χ0n) is 12.1. The van der Waals surface area contributed by atoms with Gasteiger partial charge in [0.25, 0.3) is 15.7 Å². The molecule has 0 aliphatic rings. The van der Waals surface area contributed by atoms with Gasteiger partial charge in [-0.2, -0.15) is 0 Å². The Labute approximate surface area is 128 Å². The molecule has 116 valence electrons. The molecule has 0 radical (unpaired) electrons. The molecule has 0 spiro atoms. The molecular weight excluding hydrogens is 306 g/mol. The standard InChI is InChI=1S/C14H15N3O4S/c1-16(2)12-8-6-11(7-9-12)15-22(20,21)14-5-3-4-13(10-14)17(18)19/h3-10,15H,1-2H3. The molecule has 8 heteroatoms. The zero-order valence-corrected chi connectivity index (χ0v) is 12.9. The van der Waals surface area contributed by atoms with Crippen LogP contribution in [0.4, 0.5) is 17.1 Å². The summed E-state index contributed by atoms with van der Waals surface area (Å²) in [6.45, 7) is 0. The predicted molar refractivity (Wildman–Crippen MR) is 84.7 cm³/mol. The molecule has 2 aromatic carbocycles. The first kappa shape index (κ1) is 15.8. The maximum atomic E-state index is 12.3. The van der Waals surface area contributed by atoms with E-state index in [0.717, 1.165) is 11.8 Å². The van der Waals surface area contributed by atoms with Gasteiger partial charge in [-0.25, -0.2) is 8.42 Å². The molecule has 0 amide bonds. The maximum absolute atomic E-state index is 12.3. The maximum Gasteiger partial charge on any atom is 0.270 e. The number of hydrogen-bond acceptors (Lipinski definition) is 5. The van der Waals surface area contributed by atoms with Gasteiger partial charge in [-0.05, 0) is 30.3 Å². The molecule has 0 unspecified atom stereocenters. The molecule has 0 aliphatic heterocycles. The van der Waals surface area contributed by atoms with Gasteiger partial charge in [0, 0.05) is 37.6 Å². The van der Waals surface area contributed by atoms with Gasteiger partial charge in [0.15, 0.2) is 0 Å². The highest BCUT2D eigenvalue weighted by Crippen LogP contribution is 2.22. The van der Waals surface area contributed by atoms with E-state index in [0.29, 0.717) is 5.69 Å². The summed E-state index contributed by atoms with van der Waals surface area (Å²) in [5.41, 5.74) is 1.04. The minimum Gasteiger partial charge on any atom is -0.378 e. The Bertz CT molecular complexity index is 786. The first-order valence-electron chi connectivity index (χ1n) is 6.34. The number of nitro benzene ring substituents is 1. The first-order chi connectivity index (χ1) is 10.3. The Kier molecular flexibility index (Phi) is 4.32. The monoisotopic (exact) mass is 321 g/mol. The Balaban J connectivity index is 2.27. The number of nitrogens with one attached hydrogen (secondary N) is 1. The van der Waals surface area contributed by atoms with Crippen LogP contribution in [0, 0.1) is 10.1 Å². The van der Waals surface area contributed by atoms with Gasteiger partial charge in [-0.1, -0.05) is 6.07 Å². The number of non-ortho nitro benzene ring substituents is 1. The third-order valence-electron chi connectivity index (χ3n) is 2.97. The van der Waals surface area contributed by atoms with Crippen molar-refractivity contribution in [2.75, 3.05) is 23.7 Å². The van der Waals surface area contributed by atoms with Gasteiger partial charge < -0.3 is 4.90 Å². The quantitative estimate of drug-likeness (QED) is 0.674. The average Bonchev–Trinajstić information content (AvgIpc) is 2.47. The van der Waals surface area contributed by atoms with E-state index in [-0.39, 0.29) is 10.6 Å². The molecule has 0 atom stereocenters. The van der Waals surface area contributed by atoms with Crippen molar-refractivity contribution in [3.05, 3.63) is 58.6 Å². The summed E-state index contributed by atoms with van der Waals surface area (Å²) >= 11 is 0. The molecule has 0 fully saturated rings. The third-order valence-corrected chi connectivity index (χ3v) is 4.35.